The highest BCUT2D eigenvalue weighted by Crippen LogP contribution is 2.22. The molecule has 1 aromatic rings. The molecular formula is C14H18O2. The van der Waals surface area contributed by atoms with Crippen molar-refractivity contribution in [3.8, 4) is 5.75 Å². The SMILES string of the molecule is C=CC(=O)Oc1ccc(CC(C)(C)C)cc1. The van der Waals surface area contributed by atoms with Gasteiger partial charge in [0.25, 0.3) is 0 Å². The van der Waals surface area contributed by atoms with E-state index in [1.54, 1.807) is 0 Å². The molecule has 0 unspecified atom stereocenters. The third-order valence-electron chi connectivity index (χ3n) is 2.04. The van der Waals surface area contributed by atoms with Crippen LogP contribution in [0, 0.1) is 5.41 Å². The summed E-state index contributed by atoms with van der Waals surface area (Å²) in [5.74, 6) is 0.131. The third-order valence-corrected chi connectivity index (χ3v) is 2.04. The van der Waals surface area contributed by atoms with Crippen molar-refractivity contribution in [3.63, 3.8) is 0 Å². The lowest BCUT2D eigenvalue weighted by atomic mass is 9.88. The molecule has 0 bridgehead atoms. The standard InChI is InChI=1S/C14H18O2/c1-5-13(15)16-12-8-6-11(7-9-12)10-14(2,3)4/h5-9H,1,10H2,2-4H3. The highest BCUT2D eigenvalue weighted by atomic mass is 16.5. The highest BCUT2D eigenvalue weighted by Gasteiger charge is 2.11. The Kier molecular flexibility index (Phi) is 3.88. The smallest absolute Gasteiger partial charge is 0.335 e. The maximum Gasteiger partial charge on any atom is 0.335 e. The van der Waals surface area contributed by atoms with E-state index in [0.717, 1.165) is 12.5 Å². The van der Waals surface area contributed by atoms with Gasteiger partial charge < -0.3 is 4.74 Å². The minimum Gasteiger partial charge on any atom is -0.423 e. The summed E-state index contributed by atoms with van der Waals surface area (Å²) in [5.41, 5.74) is 1.50. The molecule has 0 radical (unpaired) electrons. The summed E-state index contributed by atoms with van der Waals surface area (Å²) in [4.78, 5) is 11.0. The molecule has 2 nitrogen and oxygen atoms in total. The summed E-state index contributed by atoms with van der Waals surface area (Å²) < 4.78 is 4.99. The van der Waals surface area contributed by atoms with Crippen LogP contribution in [0.5, 0.6) is 5.75 Å². The van der Waals surface area contributed by atoms with E-state index in [1.807, 2.05) is 24.3 Å². The minimum atomic E-state index is -0.427. The molecule has 16 heavy (non-hydrogen) atoms. The first-order valence-corrected chi connectivity index (χ1v) is 5.34. The first kappa shape index (κ1) is 12.5. The molecule has 0 N–H and O–H groups in total. The maximum absolute atomic E-state index is 11.0. The number of rotatable bonds is 3. The molecule has 1 aromatic carbocycles. The zero-order valence-corrected chi connectivity index (χ0v) is 10.1. The Morgan fingerprint density at radius 3 is 2.31 bits per heavy atom. The molecule has 0 aliphatic carbocycles. The zero-order valence-electron chi connectivity index (χ0n) is 10.1. The molecule has 0 saturated carbocycles. The van der Waals surface area contributed by atoms with Gasteiger partial charge in [0.2, 0.25) is 0 Å². The van der Waals surface area contributed by atoms with Gasteiger partial charge >= 0.3 is 5.97 Å². The van der Waals surface area contributed by atoms with Gasteiger partial charge in [-0.15, -0.1) is 0 Å². The van der Waals surface area contributed by atoms with Crippen LogP contribution in [0.4, 0.5) is 0 Å². The number of carbonyl (C=O) groups is 1. The third kappa shape index (κ3) is 4.30. The van der Waals surface area contributed by atoms with E-state index in [9.17, 15) is 4.79 Å². The Hall–Kier alpha value is -1.57. The fourth-order valence-electron chi connectivity index (χ4n) is 1.45. The van der Waals surface area contributed by atoms with Gasteiger partial charge in [-0.25, -0.2) is 4.79 Å². The zero-order chi connectivity index (χ0) is 12.2. The van der Waals surface area contributed by atoms with E-state index >= 15 is 0 Å². The molecule has 86 valence electrons. The molecule has 0 fully saturated rings. The molecule has 0 aromatic heterocycles. The summed E-state index contributed by atoms with van der Waals surface area (Å²) in [6.45, 7) is 9.93. The Morgan fingerprint density at radius 1 is 1.31 bits per heavy atom. The van der Waals surface area contributed by atoms with Crippen LogP contribution in [-0.2, 0) is 11.2 Å². The lowest BCUT2D eigenvalue weighted by Gasteiger charge is -2.18. The van der Waals surface area contributed by atoms with Crippen LogP contribution in [0.25, 0.3) is 0 Å². The average molecular weight is 218 g/mol. The monoisotopic (exact) mass is 218 g/mol. The molecule has 0 aliphatic rings. The van der Waals surface area contributed by atoms with Crippen molar-refractivity contribution < 1.29 is 9.53 Å². The number of ether oxygens (including phenoxy) is 1. The molecule has 0 amide bonds. The average Bonchev–Trinajstić information content (AvgIpc) is 2.18. The van der Waals surface area contributed by atoms with E-state index in [-0.39, 0.29) is 5.41 Å². The van der Waals surface area contributed by atoms with Gasteiger partial charge in [-0.05, 0) is 29.5 Å². The summed E-state index contributed by atoms with van der Waals surface area (Å²) >= 11 is 0. The molecule has 0 aliphatic heterocycles. The number of hydrogen-bond acceptors (Lipinski definition) is 2. The van der Waals surface area contributed by atoms with Crippen LogP contribution in [0.15, 0.2) is 36.9 Å². The fraction of sp³-hybridized carbons (Fsp3) is 0.357. The second-order valence-corrected chi connectivity index (χ2v) is 5.01. The largest absolute Gasteiger partial charge is 0.423 e. The van der Waals surface area contributed by atoms with Gasteiger partial charge in [0.05, 0.1) is 0 Å². The Bertz CT molecular complexity index is 369. The Labute approximate surface area is 96.9 Å². The van der Waals surface area contributed by atoms with Crippen molar-refractivity contribution in [2.45, 2.75) is 27.2 Å². The van der Waals surface area contributed by atoms with Crippen LogP contribution in [0.3, 0.4) is 0 Å². The number of benzene rings is 1. The van der Waals surface area contributed by atoms with Gasteiger partial charge in [-0.2, -0.15) is 0 Å². The quantitative estimate of drug-likeness (QED) is 0.441. The summed E-state index contributed by atoms with van der Waals surface area (Å²) in [6.07, 6.45) is 2.16. The van der Waals surface area contributed by atoms with Crippen LogP contribution in [0.2, 0.25) is 0 Å². The summed E-state index contributed by atoms with van der Waals surface area (Å²) in [6, 6.07) is 7.58. The molecular weight excluding hydrogens is 200 g/mol. The first-order chi connectivity index (χ1) is 7.40. The van der Waals surface area contributed by atoms with E-state index in [4.69, 9.17) is 4.74 Å². The van der Waals surface area contributed by atoms with Gasteiger partial charge in [-0.1, -0.05) is 39.5 Å². The predicted octanol–water partition coefficient (Wildman–Crippen LogP) is 3.37. The number of hydrogen-bond donors (Lipinski definition) is 0. The fourth-order valence-corrected chi connectivity index (χ4v) is 1.45. The molecule has 0 atom stereocenters. The van der Waals surface area contributed by atoms with Gasteiger partial charge in [0, 0.05) is 6.08 Å². The highest BCUT2D eigenvalue weighted by molar-refractivity contribution is 5.83. The van der Waals surface area contributed by atoms with Crippen molar-refractivity contribution in [3.05, 3.63) is 42.5 Å². The summed E-state index contributed by atoms with van der Waals surface area (Å²) in [5, 5.41) is 0. The van der Waals surface area contributed by atoms with Gasteiger partial charge in [-0.3, -0.25) is 0 Å². The van der Waals surface area contributed by atoms with Crippen LogP contribution >= 0.6 is 0 Å². The van der Waals surface area contributed by atoms with E-state index in [0.29, 0.717) is 5.75 Å². The number of carbonyl (C=O) groups excluding carboxylic acids is 1. The molecule has 0 heterocycles. The normalized spacial score (nSPS) is 10.9. The Morgan fingerprint density at radius 2 is 1.88 bits per heavy atom. The molecule has 0 spiro atoms. The van der Waals surface area contributed by atoms with Gasteiger partial charge in [0.15, 0.2) is 0 Å². The predicted molar refractivity (Wildman–Crippen MR) is 65.4 cm³/mol. The van der Waals surface area contributed by atoms with Crippen molar-refractivity contribution in [2.24, 2.45) is 5.41 Å². The lowest BCUT2D eigenvalue weighted by molar-refractivity contribution is -0.128. The first-order valence-electron chi connectivity index (χ1n) is 5.34. The van der Waals surface area contributed by atoms with Crippen molar-refractivity contribution in [2.75, 3.05) is 0 Å². The van der Waals surface area contributed by atoms with Gasteiger partial charge in [0.1, 0.15) is 5.75 Å². The molecule has 0 saturated heterocycles. The minimum absolute atomic E-state index is 0.263. The topological polar surface area (TPSA) is 26.3 Å². The van der Waals surface area contributed by atoms with Crippen LogP contribution in [-0.4, -0.2) is 5.97 Å². The lowest BCUT2D eigenvalue weighted by Crippen LogP contribution is -2.09. The van der Waals surface area contributed by atoms with Crippen molar-refractivity contribution in [1.29, 1.82) is 0 Å². The second-order valence-electron chi connectivity index (χ2n) is 5.01. The maximum atomic E-state index is 11.0. The van der Waals surface area contributed by atoms with E-state index < -0.39 is 5.97 Å². The van der Waals surface area contributed by atoms with Crippen molar-refractivity contribution >= 4 is 5.97 Å². The Balaban J connectivity index is 2.68. The van der Waals surface area contributed by atoms with Crippen molar-refractivity contribution in [1.82, 2.24) is 0 Å². The molecule has 2 heteroatoms. The summed E-state index contributed by atoms with van der Waals surface area (Å²) in [7, 11) is 0. The van der Waals surface area contributed by atoms with E-state index in [1.165, 1.54) is 5.56 Å². The van der Waals surface area contributed by atoms with E-state index in [2.05, 4.69) is 27.4 Å². The number of esters is 1. The van der Waals surface area contributed by atoms with Crippen LogP contribution < -0.4 is 4.74 Å². The van der Waals surface area contributed by atoms with Crippen LogP contribution in [0.1, 0.15) is 26.3 Å². The second kappa shape index (κ2) is 4.97. The molecule has 1 rings (SSSR count).